The quantitative estimate of drug-likeness (QED) is 0.0361. The first-order valence-electron chi connectivity index (χ1n) is 31.4. The lowest BCUT2D eigenvalue weighted by molar-refractivity contribution is -0.137. The Morgan fingerprint density at radius 3 is 1.01 bits per heavy atom. The molecule has 10 aromatic rings. The third-order valence-electron chi connectivity index (χ3n) is 14.7. The molecule has 0 amide bonds. The van der Waals surface area contributed by atoms with Crippen LogP contribution >= 0.6 is 58.0 Å². The van der Waals surface area contributed by atoms with E-state index in [2.05, 4.69) is 24.9 Å². The van der Waals surface area contributed by atoms with Crippen LogP contribution in [-0.4, -0.2) is 89.9 Å². The molecule has 534 valence electrons. The number of para-hydroxylation sites is 1. The highest BCUT2D eigenvalue weighted by Crippen LogP contribution is 2.33. The van der Waals surface area contributed by atoms with Crippen molar-refractivity contribution in [2.75, 3.05) is 7.11 Å². The first-order chi connectivity index (χ1) is 49.7. The van der Waals surface area contributed by atoms with Crippen LogP contribution in [0.25, 0.3) is 0 Å². The number of alkyl halides is 3. The van der Waals surface area contributed by atoms with E-state index in [-0.39, 0.29) is 159 Å². The SMILES string of the molecule is COc1ccccc1C(=O)CCC(=O)c1ncccc1Cl.Cc1ccccc1C(=O)CCC(=O)c1ncccc1Cl.O=C(CCC(=O)c1ncccc1Cl)c1cccc(F)c1.O=C(CCC(=O)c1ncccc1Cl)c1ccccc1C(F)(F)F.O=C(CCC(=O)c1ncccc1Cl)c1ccccc1F. The molecule has 104 heavy (non-hydrogen) atoms. The smallest absolute Gasteiger partial charge is 0.417 e. The number of nitrogens with zero attached hydrogens (tertiary/aromatic N) is 5. The van der Waals surface area contributed by atoms with Crippen LogP contribution in [0.15, 0.2) is 213 Å². The summed E-state index contributed by atoms with van der Waals surface area (Å²) in [5.74, 6) is -3.78. The van der Waals surface area contributed by atoms with E-state index >= 15 is 0 Å². The second-order valence-electron chi connectivity index (χ2n) is 21.9. The number of ketones is 10. The standard InChI is InChI=1S/C16H11ClF3NO2.C16H14ClNO3.C16H14ClNO2.2C15H11ClFNO2/c17-12-6-3-9-21-15(12)14(23)8-7-13(22)10-4-1-2-5-11(10)16(18,19)20;1-21-15-7-3-2-5-11(15)13(19)8-9-14(20)16-12(17)6-4-10-18-16;1-11-5-2-3-6-12(11)14(19)8-9-15(20)16-13(17)7-4-10-18-16;16-12-5-2-8-18-15(12)14(20)7-6-13(19)10-3-1-4-11(17)9-10;16-11-5-3-9-18-15(11)14(20)8-7-13(19)10-4-1-2-6-12(10)17/h1-6,9H,7-8H2;2-7,10H,8-9H2,1H3;2-7,10H,8-9H2,1H3;1-5,8-9H,6-7H2;1-6,9H,7-8H2. The van der Waals surface area contributed by atoms with Crippen molar-refractivity contribution < 1.29 is 74.6 Å². The molecule has 0 atom stereocenters. The highest BCUT2D eigenvalue weighted by molar-refractivity contribution is 6.35. The summed E-state index contributed by atoms with van der Waals surface area (Å²) in [5.41, 5.74) is 1.57. The van der Waals surface area contributed by atoms with Crippen molar-refractivity contribution in [1.29, 1.82) is 0 Å². The van der Waals surface area contributed by atoms with E-state index in [4.69, 9.17) is 62.7 Å². The molecule has 0 N–H and O–H groups in total. The molecule has 0 aliphatic carbocycles. The Balaban J connectivity index is 0.000000204. The maximum atomic E-state index is 13.4. The van der Waals surface area contributed by atoms with E-state index in [9.17, 15) is 69.9 Å². The van der Waals surface area contributed by atoms with Crippen molar-refractivity contribution in [3.8, 4) is 5.75 Å². The molecule has 0 saturated heterocycles. The van der Waals surface area contributed by atoms with Gasteiger partial charge in [-0.2, -0.15) is 13.2 Å². The molecule has 0 spiro atoms. The predicted octanol–water partition coefficient (Wildman–Crippen LogP) is 19.5. The van der Waals surface area contributed by atoms with Crippen LogP contribution in [0, 0.1) is 18.6 Å². The van der Waals surface area contributed by atoms with Gasteiger partial charge in [-0.1, -0.05) is 137 Å². The minimum Gasteiger partial charge on any atom is -0.496 e. The van der Waals surface area contributed by atoms with E-state index < -0.39 is 46.3 Å². The van der Waals surface area contributed by atoms with Crippen LogP contribution in [0.1, 0.15) is 180 Å². The van der Waals surface area contributed by atoms with E-state index in [1.807, 2.05) is 25.1 Å². The largest absolute Gasteiger partial charge is 0.496 e. The molecular weight excluding hydrogens is 1460 g/mol. The van der Waals surface area contributed by atoms with Gasteiger partial charge in [0.15, 0.2) is 57.8 Å². The molecule has 26 heteroatoms. The van der Waals surface area contributed by atoms with Crippen molar-refractivity contribution in [2.24, 2.45) is 0 Å². The number of aryl methyl sites for hydroxylation is 1. The van der Waals surface area contributed by atoms with Gasteiger partial charge in [-0.3, -0.25) is 72.9 Å². The number of benzene rings is 5. The summed E-state index contributed by atoms with van der Waals surface area (Å²) in [6.07, 6.45) is 2.37. The van der Waals surface area contributed by atoms with Gasteiger partial charge in [0.25, 0.3) is 0 Å². The summed E-state index contributed by atoms with van der Waals surface area (Å²) in [4.78, 5) is 139. The lowest BCUT2D eigenvalue weighted by Crippen LogP contribution is -2.14. The maximum absolute atomic E-state index is 13.4. The van der Waals surface area contributed by atoms with Crippen molar-refractivity contribution in [3.05, 3.63) is 317 Å². The third kappa shape index (κ3) is 25.5. The van der Waals surface area contributed by atoms with Gasteiger partial charge in [0.1, 0.15) is 45.9 Å². The fraction of sp³-hybridized carbons (Fsp3) is 0.167. The number of pyridine rings is 5. The molecule has 5 heterocycles. The van der Waals surface area contributed by atoms with Crippen molar-refractivity contribution in [2.45, 2.75) is 77.3 Å². The zero-order chi connectivity index (χ0) is 75.9. The highest BCUT2D eigenvalue weighted by Gasteiger charge is 2.35. The number of Topliss-reactive ketones (excluding diaryl/α,β-unsaturated/α-hetero) is 10. The fourth-order valence-electron chi connectivity index (χ4n) is 9.45. The normalized spacial score (nSPS) is 10.5. The Morgan fingerprint density at radius 2 is 0.644 bits per heavy atom. The molecule has 0 fully saturated rings. The van der Waals surface area contributed by atoms with Gasteiger partial charge < -0.3 is 4.74 Å². The Labute approximate surface area is 619 Å². The van der Waals surface area contributed by atoms with Gasteiger partial charge in [0.05, 0.1) is 48.9 Å². The molecule has 16 nitrogen and oxygen atoms in total. The van der Waals surface area contributed by atoms with Crippen LogP contribution in [0.4, 0.5) is 22.0 Å². The first kappa shape index (κ1) is 82.4. The van der Waals surface area contributed by atoms with Crippen LogP contribution < -0.4 is 4.74 Å². The van der Waals surface area contributed by atoms with Crippen LogP contribution in [0.2, 0.25) is 25.1 Å². The Bertz CT molecular complexity index is 4520. The highest BCUT2D eigenvalue weighted by atomic mass is 35.5. The molecule has 0 radical (unpaired) electrons. The van der Waals surface area contributed by atoms with Crippen molar-refractivity contribution in [3.63, 3.8) is 0 Å². The summed E-state index contributed by atoms with van der Waals surface area (Å²) in [6.45, 7) is 1.88. The zero-order valence-corrected chi connectivity index (χ0v) is 59.1. The Morgan fingerprint density at radius 1 is 0.337 bits per heavy atom. The predicted molar refractivity (Wildman–Crippen MR) is 384 cm³/mol. The molecule has 0 bridgehead atoms. The van der Waals surface area contributed by atoms with E-state index in [1.165, 1.54) is 92.7 Å². The number of rotatable bonds is 26. The molecule has 0 aliphatic rings. The topological polar surface area (TPSA) is 244 Å². The third-order valence-corrected chi connectivity index (χ3v) is 16.2. The summed E-state index contributed by atoms with van der Waals surface area (Å²) >= 11 is 29.3. The zero-order valence-electron chi connectivity index (χ0n) is 55.3. The molecule has 5 aromatic carbocycles. The van der Waals surface area contributed by atoms with Crippen molar-refractivity contribution in [1.82, 2.24) is 24.9 Å². The van der Waals surface area contributed by atoms with Crippen molar-refractivity contribution >= 4 is 116 Å². The monoisotopic (exact) mass is 1510 g/mol. The number of halogens is 10. The van der Waals surface area contributed by atoms with Gasteiger partial charge in [0.2, 0.25) is 0 Å². The molecular formula is C78H61Cl5F5N5O11. The van der Waals surface area contributed by atoms with E-state index in [0.717, 1.165) is 23.8 Å². The van der Waals surface area contributed by atoms with Gasteiger partial charge in [-0.05, 0) is 116 Å². The fourth-order valence-corrected chi connectivity index (χ4v) is 10.6. The summed E-state index contributed by atoms with van der Waals surface area (Å²) in [7, 11) is 1.50. The Hall–Kier alpha value is -10.6. The molecule has 0 unspecified atom stereocenters. The lowest BCUT2D eigenvalue weighted by Gasteiger charge is -2.11. The summed E-state index contributed by atoms with van der Waals surface area (Å²) < 4.78 is 70.2. The maximum Gasteiger partial charge on any atom is 0.417 e. The van der Waals surface area contributed by atoms with E-state index in [1.54, 1.807) is 91.0 Å². The molecule has 5 aromatic heterocycles. The number of aromatic nitrogens is 5. The second-order valence-corrected chi connectivity index (χ2v) is 24.0. The second kappa shape index (κ2) is 41.5. The Kier molecular flexibility index (Phi) is 32.9. The lowest BCUT2D eigenvalue weighted by atomic mass is 9.99. The number of carbonyl (C=O) groups excluding carboxylic acids is 10. The van der Waals surface area contributed by atoms with Crippen LogP contribution in [-0.2, 0) is 6.18 Å². The minimum atomic E-state index is -4.62. The number of hydrogen-bond acceptors (Lipinski definition) is 16. The first-order valence-corrected chi connectivity index (χ1v) is 33.3. The summed E-state index contributed by atoms with van der Waals surface area (Å²) in [6, 6.07) is 45.8. The number of hydrogen-bond donors (Lipinski definition) is 0. The van der Waals surface area contributed by atoms with Gasteiger partial charge in [-0.15, -0.1) is 0 Å². The number of methoxy groups -OCH3 is 1. The van der Waals surface area contributed by atoms with Gasteiger partial charge in [-0.25, -0.2) is 8.78 Å². The number of ether oxygens (including phenoxy) is 1. The molecule has 0 aliphatic heterocycles. The average Bonchev–Trinajstić information content (AvgIpc) is 0.824. The molecule has 10 rings (SSSR count). The van der Waals surface area contributed by atoms with Gasteiger partial charge >= 0.3 is 6.18 Å². The van der Waals surface area contributed by atoms with E-state index in [0.29, 0.717) is 26.9 Å². The van der Waals surface area contributed by atoms with Crippen LogP contribution in [0.3, 0.4) is 0 Å². The number of carbonyl (C=O) groups is 10. The van der Waals surface area contributed by atoms with Gasteiger partial charge in [0, 0.05) is 112 Å². The van der Waals surface area contributed by atoms with Crippen LogP contribution in [0.5, 0.6) is 5.75 Å². The average molecular weight is 1520 g/mol. The minimum absolute atomic E-state index is 0.00477. The molecule has 0 saturated carbocycles. The summed E-state index contributed by atoms with van der Waals surface area (Å²) in [5, 5.41) is 1.26.